The van der Waals surface area contributed by atoms with Crippen LogP contribution in [0, 0.1) is 6.92 Å². The monoisotopic (exact) mass is 485 g/mol. The fraction of sp³-hybridized carbons (Fsp3) is 0.520. The first-order chi connectivity index (χ1) is 16.2. The number of hydrogen-bond donors (Lipinski definition) is 2. The van der Waals surface area contributed by atoms with Gasteiger partial charge in [-0.1, -0.05) is 43.9 Å². The predicted octanol–water partition coefficient (Wildman–Crippen LogP) is 4.17. The van der Waals surface area contributed by atoms with Gasteiger partial charge in [0, 0.05) is 29.4 Å². The van der Waals surface area contributed by atoms with Crippen LogP contribution < -0.4 is 10.6 Å². The molecule has 0 unspecified atom stereocenters. The van der Waals surface area contributed by atoms with Gasteiger partial charge in [-0.2, -0.15) is 5.10 Å². The summed E-state index contributed by atoms with van der Waals surface area (Å²) in [7, 11) is 0. The third kappa shape index (κ3) is 4.56. The molecular weight excluding hydrogens is 454 g/mol. The van der Waals surface area contributed by atoms with Gasteiger partial charge in [0.2, 0.25) is 5.91 Å². The number of amides is 3. The van der Waals surface area contributed by atoms with Gasteiger partial charge >= 0.3 is 0 Å². The maximum Gasteiger partial charge on any atom is 0.276 e. The van der Waals surface area contributed by atoms with Crippen molar-refractivity contribution in [2.24, 2.45) is 0 Å². The van der Waals surface area contributed by atoms with Crippen LogP contribution in [0.5, 0.6) is 0 Å². The molecule has 2 N–H and O–H groups in total. The molecule has 1 aliphatic carbocycles. The summed E-state index contributed by atoms with van der Waals surface area (Å²) in [6.45, 7) is 6.33. The van der Waals surface area contributed by atoms with Crippen molar-refractivity contribution in [3.05, 3.63) is 46.2 Å². The second-order valence-electron chi connectivity index (χ2n) is 9.48. The summed E-state index contributed by atoms with van der Waals surface area (Å²) in [6.07, 6.45) is 5.82. The number of hydrogen-bond acceptors (Lipinski definition) is 4. The van der Waals surface area contributed by atoms with Crippen LogP contribution in [-0.2, 0) is 11.3 Å². The Morgan fingerprint density at radius 2 is 2.00 bits per heavy atom. The smallest absolute Gasteiger partial charge is 0.276 e. The number of anilines is 1. The van der Waals surface area contributed by atoms with E-state index in [1.54, 1.807) is 30.0 Å². The maximum absolute atomic E-state index is 13.5. The Kier molecular flexibility index (Phi) is 6.98. The number of aromatic nitrogens is 2. The number of fused-ring (bicyclic) bond motifs is 1. The Morgan fingerprint density at radius 1 is 1.26 bits per heavy atom. The molecule has 2 aromatic rings. The Labute approximate surface area is 205 Å². The Morgan fingerprint density at radius 3 is 2.71 bits per heavy atom. The van der Waals surface area contributed by atoms with Crippen molar-refractivity contribution >= 4 is 35.0 Å². The lowest BCUT2D eigenvalue weighted by Gasteiger charge is -2.43. The van der Waals surface area contributed by atoms with Gasteiger partial charge in [0.25, 0.3) is 11.8 Å². The first-order valence-corrected chi connectivity index (χ1v) is 12.4. The second-order valence-corrected chi connectivity index (χ2v) is 9.89. The molecule has 2 aliphatic rings. The number of nitrogens with zero attached hydrogens (tertiary/aromatic N) is 3. The molecule has 0 radical (unpaired) electrons. The standard InChI is InChI=1S/C25H32ClN5O3/c1-4-5-13-30-23(33)21-14-20(22(32)28-19-12-8-11-18(26)16(19)2)29-31(21)15-25(30,3)24(34)27-17-9-6-7-10-17/h8,11-12,14,17H,4-7,9-10,13,15H2,1-3H3,(H,27,34)(H,28,32)/t25-/m1/s1. The Balaban J connectivity index is 1.61. The summed E-state index contributed by atoms with van der Waals surface area (Å²) in [5, 5.41) is 10.9. The lowest BCUT2D eigenvalue weighted by Crippen LogP contribution is -2.65. The maximum atomic E-state index is 13.5. The predicted molar refractivity (Wildman–Crippen MR) is 131 cm³/mol. The van der Waals surface area contributed by atoms with Gasteiger partial charge in [0.1, 0.15) is 11.2 Å². The summed E-state index contributed by atoms with van der Waals surface area (Å²) in [6, 6.07) is 6.92. The summed E-state index contributed by atoms with van der Waals surface area (Å²) in [5.41, 5.74) is 0.693. The summed E-state index contributed by atoms with van der Waals surface area (Å²) >= 11 is 6.17. The topological polar surface area (TPSA) is 96.3 Å². The van der Waals surface area contributed by atoms with E-state index in [4.69, 9.17) is 11.6 Å². The number of halogens is 1. The van der Waals surface area contributed by atoms with Crippen molar-refractivity contribution in [3.63, 3.8) is 0 Å². The van der Waals surface area contributed by atoms with Crippen LogP contribution in [0.25, 0.3) is 0 Å². The van der Waals surface area contributed by atoms with Crippen molar-refractivity contribution in [3.8, 4) is 0 Å². The Hall–Kier alpha value is -2.87. The highest BCUT2D eigenvalue weighted by atomic mass is 35.5. The van der Waals surface area contributed by atoms with Gasteiger partial charge in [0.05, 0.1) is 6.54 Å². The zero-order chi connectivity index (χ0) is 24.5. The van der Waals surface area contributed by atoms with E-state index in [1.807, 2.05) is 6.92 Å². The van der Waals surface area contributed by atoms with Gasteiger partial charge in [-0.3, -0.25) is 19.1 Å². The minimum absolute atomic E-state index is 0.124. The van der Waals surface area contributed by atoms with E-state index < -0.39 is 11.4 Å². The van der Waals surface area contributed by atoms with Gasteiger partial charge in [0.15, 0.2) is 5.69 Å². The second kappa shape index (κ2) is 9.78. The van der Waals surface area contributed by atoms with Crippen molar-refractivity contribution < 1.29 is 14.4 Å². The molecule has 0 bridgehead atoms. The summed E-state index contributed by atoms with van der Waals surface area (Å²) in [4.78, 5) is 41.5. The number of unbranched alkanes of at least 4 members (excludes halogenated alkanes) is 1. The minimum Gasteiger partial charge on any atom is -0.351 e. The minimum atomic E-state index is -1.08. The first kappa shape index (κ1) is 24.3. The van der Waals surface area contributed by atoms with Crippen LogP contribution >= 0.6 is 11.6 Å². The largest absolute Gasteiger partial charge is 0.351 e. The molecular formula is C25H32ClN5O3. The van der Waals surface area contributed by atoms with Crippen molar-refractivity contribution in [1.29, 1.82) is 0 Å². The lowest BCUT2D eigenvalue weighted by molar-refractivity contribution is -0.133. The third-order valence-corrected chi connectivity index (χ3v) is 7.37. The van der Waals surface area contributed by atoms with Gasteiger partial charge in [-0.25, -0.2) is 0 Å². The van der Waals surface area contributed by atoms with Crippen LogP contribution in [0.3, 0.4) is 0 Å². The molecule has 3 amide bonds. The zero-order valence-corrected chi connectivity index (χ0v) is 20.7. The van der Waals surface area contributed by atoms with E-state index in [0.29, 0.717) is 22.9 Å². The molecule has 1 atom stereocenters. The van der Waals surface area contributed by atoms with Gasteiger partial charge in [-0.15, -0.1) is 0 Å². The van der Waals surface area contributed by atoms with E-state index in [-0.39, 0.29) is 30.1 Å². The average Bonchev–Trinajstić information content (AvgIpc) is 3.46. The number of carbonyl (C=O) groups excluding carboxylic acids is 3. The molecule has 0 saturated heterocycles. The Bertz CT molecular complexity index is 1110. The molecule has 1 aromatic carbocycles. The SMILES string of the molecule is CCCCN1C(=O)c2cc(C(=O)Nc3cccc(Cl)c3C)nn2C[C@]1(C)C(=O)NC1CCCC1. The quantitative estimate of drug-likeness (QED) is 0.615. The van der Waals surface area contributed by atoms with E-state index in [2.05, 4.69) is 22.7 Å². The molecule has 8 nitrogen and oxygen atoms in total. The van der Waals surface area contributed by atoms with Crippen LogP contribution in [-0.4, -0.2) is 50.5 Å². The highest BCUT2D eigenvalue weighted by Gasteiger charge is 2.48. The number of carbonyl (C=O) groups is 3. The third-order valence-electron chi connectivity index (χ3n) is 6.96. The van der Waals surface area contributed by atoms with Crippen LogP contribution in [0.4, 0.5) is 5.69 Å². The number of nitrogens with one attached hydrogen (secondary N) is 2. The average molecular weight is 486 g/mol. The number of rotatable bonds is 7. The molecule has 4 rings (SSSR count). The van der Waals surface area contributed by atoms with Gasteiger partial charge < -0.3 is 15.5 Å². The van der Waals surface area contributed by atoms with E-state index in [1.165, 1.54) is 10.7 Å². The molecule has 1 saturated carbocycles. The van der Waals surface area contributed by atoms with Crippen LogP contribution in [0.2, 0.25) is 5.02 Å². The molecule has 1 aliphatic heterocycles. The number of benzene rings is 1. The molecule has 1 fully saturated rings. The summed E-state index contributed by atoms with van der Waals surface area (Å²) in [5.74, 6) is -0.878. The lowest BCUT2D eigenvalue weighted by atomic mass is 9.94. The van der Waals surface area contributed by atoms with Crippen molar-refractivity contribution in [2.45, 2.75) is 77.4 Å². The molecule has 0 spiro atoms. The van der Waals surface area contributed by atoms with E-state index in [9.17, 15) is 14.4 Å². The van der Waals surface area contributed by atoms with Gasteiger partial charge in [-0.05, 0) is 50.8 Å². The fourth-order valence-corrected chi connectivity index (χ4v) is 4.93. The highest BCUT2D eigenvalue weighted by molar-refractivity contribution is 6.31. The van der Waals surface area contributed by atoms with Crippen molar-refractivity contribution in [2.75, 3.05) is 11.9 Å². The molecule has 1 aromatic heterocycles. The summed E-state index contributed by atoms with van der Waals surface area (Å²) < 4.78 is 1.50. The molecule has 2 heterocycles. The van der Waals surface area contributed by atoms with Crippen LogP contribution in [0.1, 0.15) is 78.9 Å². The fourth-order valence-electron chi connectivity index (χ4n) is 4.76. The molecule has 9 heteroatoms. The molecule has 34 heavy (non-hydrogen) atoms. The zero-order valence-electron chi connectivity index (χ0n) is 20.0. The van der Waals surface area contributed by atoms with E-state index >= 15 is 0 Å². The first-order valence-electron chi connectivity index (χ1n) is 12.0. The van der Waals surface area contributed by atoms with Crippen LogP contribution in [0.15, 0.2) is 24.3 Å². The normalized spacial score (nSPS) is 20.4. The molecule has 182 valence electrons. The highest BCUT2D eigenvalue weighted by Crippen LogP contribution is 2.30. The van der Waals surface area contributed by atoms with E-state index in [0.717, 1.165) is 44.1 Å². The van der Waals surface area contributed by atoms with Crippen molar-refractivity contribution in [1.82, 2.24) is 20.0 Å².